The summed E-state index contributed by atoms with van der Waals surface area (Å²) in [4.78, 5) is 0. The van der Waals surface area contributed by atoms with Crippen LogP contribution in [0, 0.1) is 62.3 Å². The molecule has 0 saturated carbocycles. The van der Waals surface area contributed by atoms with Crippen molar-refractivity contribution in [1.29, 1.82) is 0 Å². The number of aromatic nitrogens is 3. The average Bonchev–Trinajstić information content (AvgIpc) is 1.56. The standard InChI is InChI=1S/2C31H21NOS2.C31H21NS3/c1-16-4-8-19(9-5-16)32-24-14-23-27(35-30-21-11-7-18(3)13-26(21)34-31(23)30)15-22(24)29-28(32)20-10-6-17(2)12-25(20)33-29;1-16-4-8-19(9-5-16)32-24-12-17(2)6-10-20(24)29-28(32)22-15-27-23(14-25(22)33-29)31-30(35-27)21-11-7-18(3)13-26(21)34-31;1-16-4-8-19(9-5-16)32-24-14-23-27(35-30-21-11-7-18(3)13-26(21)34-31(23)30)15-22(24)29-28(32)20-10-6-17(2)12-25(20)33-29/h3*4-15H,1-3H3. The van der Waals surface area contributed by atoms with Crippen LogP contribution in [0.2, 0.25) is 0 Å². The van der Waals surface area contributed by atoms with E-state index in [9.17, 15) is 0 Å². The Balaban J connectivity index is 0.0000000986. The summed E-state index contributed by atoms with van der Waals surface area (Å²) in [5.74, 6) is 0. The molecule has 0 aliphatic rings. The molecule has 12 aromatic heterocycles. The first-order valence-corrected chi connectivity index (χ1v) is 41.3. The number of benzene rings is 12. The van der Waals surface area contributed by atoms with Crippen LogP contribution in [0.15, 0.2) is 227 Å². The second-order valence-electron chi connectivity index (χ2n) is 29.0. The fourth-order valence-corrected chi connectivity index (χ4v) is 25.9. The van der Waals surface area contributed by atoms with E-state index in [2.05, 4.69) is 294 Å². The summed E-state index contributed by atoms with van der Waals surface area (Å²) in [5.41, 5.74) is 26.3. The first kappa shape index (κ1) is 62.0. The Hall–Kier alpha value is -10.4. The third-order valence-corrected chi connectivity index (χ3v) is 30.2. The van der Waals surface area contributed by atoms with Crippen molar-refractivity contribution in [3.05, 3.63) is 268 Å². The van der Waals surface area contributed by atoms with E-state index in [4.69, 9.17) is 8.83 Å². The van der Waals surface area contributed by atoms with Crippen molar-refractivity contribution >= 4 is 265 Å². The molecule has 0 N–H and O–H groups in total. The summed E-state index contributed by atoms with van der Waals surface area (Å²) in [6.45, 7) is 19.4. The molecule has 0 saturated heterocycles. The molecule has 12 heteroatoms. The van der Waals surface area contributed by atoms with E-state index in [-0.39, 0.29) is 0 Å². The van der Waals surface area contributed by atoms with Crippen LogP contribution in [0.3, 0.4) is 0 Å². The van der Waals surface area contributed by atoms with E-state index in [0.717, 1.165) is 55.5 Å². The van der Waals surface area contributed by atoms with Gasteiger partial charge in [-0.25, -0.2) is 0 Å². The van der Waals surface area contributed by atoms with Gasteiger partial charge in [0.15, 0.2) is 11.2 Å². The second kappa shape index (κ2) is 22.8. The van der Waals surface area contributed by atoms with Crippen LogP contribution in [0.1, 0.15) is 50.1 Å². The van der Waals surface area contributed by atoms with Crippen molar-refractivity contribution in [2.24, 2.45) is 0 Å². The molecular formula is C93H63N3O2S7. The van der Waals surface area contributed by atoms with Crippen molar-refractivity contribution in [2.75, 3.05) is 0 Å². The maximum atomic E-state index is 6.64. The second-order valence-corrected chi connectivity index (χ2v) is 36.4. The van der Waals surface area contributed by atoms with Gasteiger partial charge >= 0.3 is 0 Å². The normalized spacial score (nSPS) is 12.4. The summed E-state index contributed by atoms with van der Waals surface area (Å²) in [6.07, 6.45) is 0. The maximum Gasteiger partial charge on any atom is 0.161 e. The van der Waals surface area contributed by atoms with Crippen LogP contribution < -0.4 is 0 Å². The number of thiophene rings is 7. The number of hydrogen-bond donors (Lipinski definition) is 0. The van der Waals surface area contributed by atoms with Crippen molar-refractivity contribution < 1.29 is 8.83 Å². The predicted molar refractivity (Wildman–Crippen MR) is 465 cm³/mol. The highest BCUT2D eigenvalue weighted by Crippen LogP contribution is 2.53. The number of fused-ring (bicyclic) bond motifs is 30. The minimum atomic E-state index is 0.950. The molecule has 24 rings (SSSR count). The molecule has 0 aliphatic heterocycles. The highest BCUT2D eigenvalue weighted by atomic mass is 32.1. The van der Waals surface area contributed by atoms with Gasteiger partial charge in [0.2, 0.25) is 0 Å². The first-order valence-electron chi connectivity index (χ1n) is 35.5. The highest BCUT2D eigenvalue weighted by molar-refractivity contribution is 7.38. The molecule has 0 aliphatic carbocycles. The molecule has 0 radical (unpaired) electrons. The maximum absolute atomic E-state index is 6.64. The molecule has 0 fully saturated rings. The molecule has 0 bridgehead atoms. The van der Waals surface area contributed by atoms with E-state index in [1.807, 2.05) is 79.4 Å². The number of furan rings is 2. The van der Waals surface area contributed by atoms with E-state index in [0.29, 0.717) is 0 Å². The minimum Gasteiger partial charge on any atom is -0.454 e. The molecule has 0 spiro atoms. The summed E-state index contributed by atoms with van der Waals surface area (Å²) >= 11 is 13.4. The summed E-state index contributed by atoms with van der Waals surface area (Å²) in [5, 5.41) is 15.5. The predicted octanol–water partition coefficient (Wildman–Crippen LogP) is 30.6. The Labute approximate surface area is 630 Å². The number of rotatable bonds is 3. The Morgan fingerprint density at radius 1 is 0.200 bits per heavy atom. The van der Waals surface area contributed by atoms with Gasteiger partial charge in [-0.3, -0.25) is 0 Å². The highest BCUT2D eigenvalue weighted by Gasteiger charge is 2.27. The quantitative estimate of drug-likeness (QED) is 0.177. The van der Waals surface area contributed by atoms with Crippen LogP contribution in [-0.4, -0.2) is 13.7 Å². The summed E-state index contributed by atoms with van der Waals surface area (Å²) in [6, 6.07) is 81.4. The fraction of sp³-hybridized carbons (Fsp3) is 0.0968. The van der Waals surface area contributed by atoms with Gasteiger partial charge in [-0.1, -0.05) is 114 Å². The molecule has 504 valence electrons. The fourth-order valence-electron chi connectivity index (χ4n) is 16.3. The molecule has 5 nitrogen and oxygen atoms in total. The van der Waals surface area contributed by atoms with Gasteiger partial charge in [0.1, 0.15) is 22.2 Å². The van der Waals surface area contributed by atoms with E-state index in [1.54, 1.807) is 0 Å². The Morgan fingerprint density at radius 3 is 0.971 bits per heavy atom. The number of hydrogen-bond acceptors (Lipinski definition) is 9. The van der Waals surface area contributed by atoms with E-state index in [1.165, 1.54) is 197 Å². The summed E-state index contributed by atoms with van der Waals surface area (Å²) in [7, 11) is 0. The monoisotopic (exact) mass is 1480 g/mol. The summed E-state index contributed by atoms with van der Waals surface area (Å²) < 4.78 is 39.8. The third kappa shape index (κ3) is 9.37. The van der Waals surface area contributed by atoms with Crippen LogP contribution in [0.25, 0.3) is 203 Å². The van der Waals surface area contributed by atoms with Gasteiger partial charge in [-0.15, -0.1) is 79.4 Å². The third-order valence-electron chi connectivity index (χ3n) is 21.5. The van der Waals surface area contributed by atoms with Gasteiger partial charge in [0.25, 0.3) is 0 Å². The van der Waals surface area contributed by atoms with Gasteiger partial charge < -0.3 is 22.5 Å². The molecular weight excluding hydrogens is 1420 g/mol. The zero-order valence-electron chi connectivity index (χ0n) is 58.8. The van der Waals surface area contributed by atoms with Crippen molar-refractivity contribution in [3.63, 3.8) is 0 Å². The average molecular weight is 1480 g/mol. The van der Waals surface area contributed by atoms with Crippen LogP contribution in [0.4, 0.5) is 0 Å². The molecule has 24 aromatic rings. The van der Waals surface area contributed by atoms with Crippen LogP contribution >= 0.6 is 79.4 Å². The lowest BCUT2D eigenvalue weighted by Gasteiger charge is -2.09. The molecule has 0 unspecified atom stereocenters. The molecule has 0 amide bonds. The van der Waals surface area contributed by atoms with E-state index < -0.39 is 0 Å². The Kier molecular flexibility index (Phi) is 13.5. The lowest BCUT2D eigenvalue weighted by atomic mass is 10.1. The van der Waals surface area contributed by atoms with Gasteiger partial charge in [0.05, 0.1) is 55.0 Å². The topological polar surface area (TPSA) is 41.1 Å². The molecule has 0 atom stereocenters. The lowest BCUT2D eigenvalue weighted by molar-refractivity contribution is 0.672. The zero-order valence-corrected chi connectivity index (χ0v) is 64.5. The SMILES string of the molecule is Cc1ccc(-n2c3cc(C)ccc3c3oc4cc5c(cc4c32)sc2c3ccc(C)cc3sc52)cc1.Cc1ccc(-n2c3cc4c(cc3c3oc5cc(C)ccc5c32)sc2c3ccc(C)cc3sc42)cc1.Cc1ccc(-n2c3cc4c(cc3c3sc5cc(C)ccc5c32)sc2c3ccc(C)cc3sc42)cc1. The molecule has 12 aromatic carbocycles. The largest absolute Gasteiger partial charge is 0.454 e. The van der Waals surface area contributed by atoms with Crippen molar-refractivity contribution in [3.8, 4) is 17.1 Å². The van der Waals surface area contributed by atoms with Gasteiger partial charge in [-0.05, 0) is 217 Å². The molecule has 12 heterocycles. The van der Waals surface area contributed by atoms with Crippen molar-refractivity contribution in [1.82, 2.24) is 13.7 Å². The van der Waals surface area contributed by atoms with Crippen LogP contribution in [-0.2, 0) is 0 Å². The Morgan fingerprint density at radius 2 is 0.495 bits per heavy atom. The number of aryl methyl sites for hydroxylation is 9. The van der Waals surface area contributed by atoms with Crippen molar-refractivity contribution in [2.45, 2.75) is 62.3 Å². The molecule has 105 heavy (non-hydrogen) atoms. The Bertz CT molecular complexity index is 7530. The zero-order chi connectivity index (χ0) is 70.3. The number of nitrogens with zero attached hydrogens (tertiary/aromatic N) is 3. The van der Waals surface area contributed by atoms with Gasteiger partial charge in [-0.2, -0.15) is 0 Å². The smallest absolute Gasteiger partial charge is 0.161 e. The van der Waals surface area contributed by atoms with Gasteiger partial charge in [0, 0.05) is 115 Å². The first-order chi connectivity index (χ1) is 51.1. The minimum absolute atomic E-state index is 0.950. The van der Waals surface area contributed by atoms with E-state index >= 15 is 0 Å². The van der Waals surface area contributed by atoms with Crippen LogP contribution in [0.5, 0.6) is 0 Å². The lowest BCUT2D eigenvalue weighted by Crippen LogP contribution is -1.94.